The zero-order valence-electron chi connectivity index (χ0n) is 7.05. The van der Waals surface area contributed by atoms with Gasteiger partial charge in [0.05, 0.1) is 5.73 Å². The maximum Gasteiger partial charge on any atom is 0.188 e. The van der Waals surface area contributed by atoms with Crippen LogP contribution in [-0.4, -0.2) is 40.9 Å². The minimum absolute atomic E-state index is 0.295. The number of aliphatic imine (C=N–C) groups is 2. The van der Waals surface area contributed by atoms with Crippen LogP contribution in [0, 0.1) is 0 Å². The Morgan fingerprint density at radius 2 is 2.00 bits per heavy atom. The molecule has 0 spiro atoms. The second-order valence-corrected chi connectivity index (χ2v) is 2.52. The predicted molar refractivity (Wildman–Crippen MR) is 54.2 cm³/mol. The molecule has 0 fully saturated rings. The van der Waals surface area contributed by atoms with Crippen LogP contribution in [-0.2, 0) is 0 Å². The van der Waals surface area contributed by atoms with Gasteiger partial charge in [-0.05, 0) is 0 Å². The summed E-state index contributed by atoms with van der Waals surface area (Å²) in [5.74, 6) is 0.295. The summed E-state index contributed by atoms with van der Waals surface area (Å²) in [5.41, 5.74) is 6.64. The van der Waals surface area contributed by atoms with Crippen molar-refractivity contribution in [1.82, 2.24) is 0 Å². The van der Waals surface area contributed by atoms with Crippen LogP contribution >= 0.6 is 0 Å². The molecule has 0 aliphatic rings. The van der Waals surface area contributed by atoms with Crippen molar-refractivity contribution in [3.8, 4) is 0 Å². The quantitative estimate of drug-likeness (QED) is 0.231. The molecule has 10 heavy (non-hydrogen) atoms. The van der Waals surface area contributed by atoms with Crippen molar-refractivity contribution in [3.63, 3.8) is 0 Å². The fourth-order valence-electron chi connectivity index (χ4n) is 0.658. The maximum atomic E-state index is 5.34. The van der Waals surface area contributed by atoms with Crippen molar-refractivity contribution < 1.29 is 0 Å². The van der Waals surface area contributed by atoms with E-state index in [9.17, 15) is 0 Å². The minimum atomic E-state index is 0.295. The summed E-state index contributed by atoms with van der Waals surface area (Å²) in [4.78, 5) is 8.13. The number of rotatable bonds is 1. The first kappa shape index (κ1) is 9.33. The van der Waals surface area contributed by atoms with E-state index in [4.69, 9.17) is 5.73 Å². The molecule has 6 heteroatoms. The van der Waals surface area contributed by atoms with Crippen LogP contribution in [0.5, 0.6) is 0 Å². The maximum absolute atomic E-state index is 5.34. The van der Waals surface area contributed by atoms with Gasteiger partial charge in [0, 0.05) is 11.7 Å². The lowest BCUT2D eigenvalue weighted by molar-refractivity contribution is 1.03. The van der Waals surface area contributed by atoms with E-state index in [0.29, 0.717) is 11.7 Å². The highest BCUT2D eigenvalue weighted by Crippen LogP contribution is 1.82. The number of hydrogen-bond acceptors (Lipinski definition) is 1. The predicted octanol–water partition coefficient (Wildman–Crippen LogP) is -3.10. The van der Waals surface area contributed by atoms with E-state index in [1.54, 1.807) is 7.85 Å². The van der Waals surface area contributed by atoms with Crippen LogP contribution < -0.4 is 5.73 Å². The van der Waals surface area contributed by atoms with Gasteiger partial charge in [0.15, 0.2) is 15.7 Å². The Bertz CT molecular complexity index is 159. The number of nitrogens with zero attached hydrogens (tertiary/aromatic N) is 2. The molecule has 0 aromatic rings. The lowest BCUT2D eigenvalue weighted by Crippen LogP contribution is -2.14. The average Bonchev–Trinajstić information content (AvgIpc) is 1.58. The van der Waals surface area contributed by atoms with Gasteiger partial charge in [0.1, 0.15) is 7.85 Å². The van der Waals surface area contributed by atoms with Crippen molar-refractivity contribution in [2.24, 2.45) is 15.7 Å². The van der Waals surface area contributed by atoms with E-state index in [0.717, 1.165) is 5.73 Å². The molecule has 0 saturated carbocycles. The van der Waals surface area contributed by atoms with E-state index in [1.807, 2.05) is 22.6 Å². The fraction of sp³-hybridized carbons (Fsp3) is 0.500. The third-order valence-corrected chi connectivity index (χ3v) is 0.783. The summed E-state index contributed by atoms with van der Waals surface area (Å²) in [5, 5.41) is 0. The summed E-state index contributed by atoms with van der Waals surface area (Å²) in [6.07, 6.45) is 0. The van der Waals surface area contributed by atoms with E-state index in [1.165, 1.54) is 0 Å². The second-order valence-electron chi connectivity index (χ2n) is 2.52. The first-order chi connectivity index (χ1) is 4.52. The SMILES string of the molecule is B/C(N)=N/C(B)=N\C(B)C. The van der Waals surface area contributed by atoms with Crippen molar-refractivity contribution in [1.29, 1.82) is 0 Å². The average molecular weight is 135 g/mol. The largest absolute Gasteiger partial charge is 0.396 e. The van der Waals surface area contributed by atoms with Gasteiger partial charge in [-0.25, -0.2) is 4.99 Å². The molecule has 0 heterocycles. The summed E-state index contributed by atoms with van der Waals surface area (Å²) in [7, 11) is 5.60. The van der Waals surface area contributed by atoms with Gasteiger partial charge in [-0.1, -0.05) is 6.92 Å². The van der Waals surface area contributed by atoms with Gasteiger partial charge < -0.3 is 5.73 Å². The van der Waals surface area contributed by atoms with Crippen LogP contribution in [0.2, 0.25) is 0 Å². The summed E-state index contributed by atoms with van der Waals surface area (Å²) in [6, 6.07) is 0. The van der Waals surface area contributed by atoms with Gasteiger partial charge in [0.2, 0.25) is 0 Å². The monoisotopic (exact) mass is 135 g/mol. The Balaban J connectivity index is 4.08. The molecule has 0 aromatic carbocycles. The third kappa shape index (κ3) is 5.47. The second kappa shape index (κ2) is 4.20. The van der Waals surface area contributed by atoms with Crippen LogP contribution in [0.4, 0.5) is 0 Å². The smallest absolute Gasteiger partial charge is 0.188 e. The molecule has 0 aromatic heterocycles. The molecule has 0 rings (SSSR count). The summed E-state index contributed by atoms with van der Waals surface area (Å²) in [6.45, 7) is 2.00. The molecule has 0 aliphatic heterocycles. The first-order valence-electron chi connectivity index (χ1n) is 3.37. The number of hydrogen-bond donors (Lipinski definition) is 1. The van der Waals surface area contributed by atoms with Crippen molar-refractivity contribution in [3.05, 3.63) is 0 Å². The van der Waals surface area contributed by atoms with Gasteiger partial charge in [0.25, 0.3) is 0 Å². The zero-order valence-corrected chi connectivity index (χ0v) is 7.05. The summed E-state index contributed by atoms with van der Waals surface area (Å²) >= 11 is 0. The molecule has 0 bridgehead atoms. The Morgan fingerprint density at radius 3 is 2.30 bits per heavy atom. The van der Waals surface area contributed by atoms with Crippen LogP contribution in [0.3, 0.4) is 0 Å². The topological polar surface area (TPSA) is 50.7 Å². The van der Waals surface area contributed by atoms with Crippen molar-refractivity contribution in [2.45, 2.75) is 12.9 Å². The van der Waals surface area contributed by atoms with E-state index >= 15 is 0 Å². The minimum Gasteiger partial charge on any atom is -0.396 e. The fourth-order valence-corrected chi connectivity index (χ4v) is 0.658. The van der Waals surface area contributed by atoms with Gasteiger partial charge in [-0.2, -0.15) is 0 Å². The Kier molecular flexibility index (Phi) is 3.92. The highest BCUT2D eigenvalue weighted by atomic mass is 14.9. The molecule has 3 nitrogen and oxygen atoms in total. The lowest BCUT2D eigenvalue weighted by Gasteiger charge is -1.97. The Labute approximate surface area is 64.4 Å². The lowest BCUT2D eigenvalue weighted by atomic mass is 9.98. The first-order valence-corrected chi connectivity index (χ1v) is 3.37. The molecule has 1 atom stereocenters. The Morgan fingerprint density at radius 1 is 1.50 bits per heavy atom. The highest BCUT2D eigenvalue weighted by Gasteiger charge is 1.89. The highest BCUT2D eigenvalue weighted by molar-refractivity contribution is 6.65. The summed E-state index contributed by atoms with van der Waals surface area (Å²) < 4.78 is 0. The molecule has 0 amide bonds. The zero-order chi connectivity index (χ0) is 8.15. The molecule has 0 saturated heterocycles. The molecule has 2 N–H and O–H groups in total. The molecule has 0 aliphatic carbocycles. The van der Waals surface area contributed by atoms with Gasteiger partial charge in [-0.3, -0.25) is 4.99 Å². The van der Waals surface area contributed by atoms with Crippen LogP contribution in [0.15, 0.2) is 9.98 Å². The number of nitrogens with two attached hydrogens (primary N) is 1. The molecular formula is C4H12B3N3. The number of amidine groups is 2. The van der Waals surface area contributed by atoms with Crippen molar-refractivity contribution >= 4 is 35.0 Å². The van der Waals surface area contributed by atoms with E-state index < -0.39 is 0 Å². The van der Waals surface area contributed by atoms with Crippen LogP contribution in [0.25, 0.3) is 0 Å². The van der Waals surface area contributed by atoms with Gasteiger partial charge >= 0.3 is 0 Å². The Hall–Kier alpha value is -0.665. The van der Waals surface area contributed by atoms with Gasteiger partial charge in [-0.15, -0.1) is 0 Å². The normalized spacial score (nSPS) is 16.9. The molecule has 52 valence electrons. The standard InChI is InChI=1S/C4H12B3N3/c1-2(5)9-4(7)10-3(6)8/h2H,5-7H2,1H3,(H2,8,9,10). The van der Waals surface area contributed by atoms with E-state index in [-0.39, 0.29) is 0 Å². The molecule has 1 unspecified atom stereocenters. The third-order valence-electron chi connectivity index (χ3n) is 0.783. The molecular weight excluding hydrogens is 123 g/mol. The van der Waals surface area contributed by atoms with Crippen molar-refractivity contribution in [2.75, 3.05) is 0 Å². The van der Waals surface area contributed by atoms with Crippen LogP contribution in [0.1, 0.15) is 6.92 Å². The molecule has 0 radical (unpaired) electrons. The van der Waals surface area contributed by atoms with E-state index in [2.05, 4.69) is 9.98 Å².